The maximum absolute atomic E-state index is 15.9. The van der Waals surface area contributed by atoms with Crippen molar-refractivity contribution in [3.05, 3.63) is 51.8 Å². The van der Waals surface area contributed by atoms with E-state index in [0.29, 0.717) is 16.7 Å². The Bertz CT molecular complexity index is 1130. The van der Waals surface area contributed by atoms with Gasteiger partial charge >= 0.3 is 12.1 Å². The van der Waals surface area contributed by atoms with Crippen LogP contribution in [0.25, 0.3) is 11.1 Å². The summed E-state index contributed by atoms with van der Waals surface area (Å²) < 4.78 is 26.3. The van der Waals surface area contributed by atoms with Gasteiger partial charge in [0, 0.05) is 11.1 Å². The van der Waals surface area contributed by atoms with E-state index in [1.165, 1.54) is 0 Å². The molecule has 1 aliphatic rings. The summed E-state index contributed by atoms with van der Waals surface area (Å²) in [5, 5.41) is 13.7. The predicted octanol–water partition coefficient (Wildman–Crippen LogP) is 6.52. The van der Waals surface area contributed by atoms with Crippen molar-refractivity contribution in [3.63, 3.8) is 0 Å². The van der Waals surface area contributed by atoms with E-state index in [0.717, 1.165) is 29.5 Å². The Balaban J connectivity index is 2.15. The molecule has 1 amide bonds. The van der Waals surface area contributed by atoms with Crippen LogP contribution in [0, 0.1) is 26.6 Å². The zero-order valence-electron chi connectivity index (χ0n) is 21.7. The van der Waals surface area contributed by atoms with Gasteiger partial charge in [-0.05, 0) is 107 Å². The molecule has 7 heteroatoms. The highest BCUT2D eigenvalue weighted by atomic mass is 19.1. The van der Waals surface area contributed by atoms with Crippen LogP contribution in [-0.4, -0.2) is 29.4 Å². The standard InChI is InChI=1S/C28H36FNO5/c1-8-34-23(31)14-22(30-27(33)35-28(5,6)7)21-13-19(12-20(25(21)29)18-9-10-18)24-16(3)11-15(2)17(4)26(24)32/h11-13,18,22,32H,8-10,14H2,1-7H3,(H,30,33)/t22-/m0/s1. The predicted molar refractivity (Wildman–Crippen MR) is 133 cm³/mol. The number of ether oxygens (including phenoxy) is 2. The maximum atomic E-state index is 15.9. The number of aryl methyl sites for hydroxylation is 2. The van der Waals surface area contributed by atoms with Crippen molar-refractivity contribution in [2.24, 2.45) is 0 Å². The maximum Gasteiger partial charge on any atom is 0.408 e. The molecular weight excluding hydrogens is 449 g/mol. The van der Waals surface area contributed by atoms with E-state index in [4.69, 9.17) is 9.47 Å². The number of hydrogen-bond donors (Lipinski definition) is 2. The van der Waals surface area contributed by atoms with Gasteiger partial charge in [-0.2, -0.15) is 0 Å². The lowest BCUT2D eigenvalue weighted by Crippen LogP contribution is -2.36. The number of hydrogen-bond acceptors (Lipinski definition) is 5. The fraction of sp³-hybridized carbons (Fsp3) is 0.500. The van der Waals surface area contributed by atoms with Gasteiger partial charge in [0.05, 0.1) is 19.1 Å². The number of esters is 1. The van der Waals surface area contributed by atoms with E-state index in [1.807, 2.05) is 26.8 Å². The number of aromatic hydroxyl groups is 1. The number of phenolic OH excluding ortho intramolecular Hbond substituents is 1. The molecule has 0 aliphatic heterocycles. The Morgan fingerprint density at radius 2 is 1.80 bits per heavy atom. The number of benzene rings is 2. The van der Waals surface area contributed by atoms with Crippen molar-refractivity contribution in [3.8, 4) is 16.9 Å². The van der Waals surface area contributed by atoms with E-state index < -0.39 is 29.5 Å². The monoisotopic (exact) mass is 485 g/mol. The van der Waals surface area contributed by atoms with Crippen LogP contribution in [0.1, 0.15) is 86.7 Å². The average Bonchev–Trinajstić information content (AvgIpc) is 3.56. The first kappa shape index (κ1) is 26.5. The second kappa shape index (κ2) is 10.3. The average molecular weight is 486 g/mol. The third-order valence-electron chi connectivity index (χ3n) is 6.19. The van der Waals surface area contributed by atoms with Crippen molar-refractivity contribution < 1.29 is 28.6 Å². The van der Waals surface area contributed by atoms with E-state index in [2.05, 4.69) is 5.32 Å². The molecule has 0 saturated heterocycles. The Morgan fingerprint density at radius 3 is 2.37 bits per heavy atom. The number of carbonyl (C=O) groups excluding carboxylic acids is 2. The van der Waals surface area contributed by atoms with E-state index in [1.54, 1.807) is 39.8 Å². The van der Waals surface area contributed by atoms with Gasteiger partial charge in [-0.15, -0.1) is 0 Å². The molecule has 1 fully saturated rings. The highest BCUT2D eigenvalue weighted by Gasteiger charge is 2.32. The molecule has 190 valence electrons. The van der Waals surface area contributed by atoms with Crippen LogP contribution in [-0.2, 0) is 14.3 Å². The zero-order valence-corrected chi connectivity index (χ0v) is 21.7. The molecule has 6 nitrogen and oxygen atoms in total. The Hall–Kier alpha value is -3.09. The van der Waals surface area contributed by atoms with Gasteiger partial charge < -0.3 is 19.9 Å². The Morgan fingerprint density at radius 1 is 1.14 bits per heavy atom. The molecule has 2 aromatic rings. The van der Waals surface area contributed by atoms with E-state index in [9.17, 15) is 14.7 Å². The first-order valence-corrected chi connectivity index (χ1v) is 12.1. The van der Waals surface area contributed by atoms with Gasteiger partial charge in [0.25, 0.3) is 0 Å². The molecule has 0 radical (unpaired) electrons. The first-order chi connectivity index (χ1) is 16.3. The molecule has 3 rings (SSSR count). The highest BCUT2D eigenvalue weighted by molar-refractivity contribution is 5.78. The minimum Gasteiger partial charge on any atom is -0.507 e. The van der Waals surface area contributed by atoms with E-state index in [-0.39, 0.29) is 30.3 Å². The van der Waals surface area contributed by atoms with Gasteiger partial charge in [0.1, 0.15) is 17.2 Å². The summed E-state index contributed by atoms with van der Waals surface area (Å²) in [5.74, 6) is -0.810. The van der Waals surface area contributed by atoms with Crippen LogP contribution in [0.3, 0.4) is 0 Å². The van der Waals surface area contributed by atoms with Gasteiger partial charge in [-0.25, -0.2) is 9.18 Å². The summed E-state index contributed by atoms with van der Waals surface area (Å²) in [7, 11) is 0. The third kappa shape index (κ3) is 6.32. The molecule has 1 saturated carbocycles. The normalized spacial score (nSPS) is 14.4. The van der Waals surface area contributed by atoms with Crippen LogP contribution < -0.4 is 5.32 Å². The number of alkyl carbamates (subject to hydrolysis) is 1. The van der Waals surface area contributed by atoms with Gasteiger partial charge in [0.2, 0.25) is 0 Å². The number of nitrogens with one attached hydrogen (secondary N) is 1. The van der Waals surface area contributed by atoms with Crippen molar-refractivity contribution in [2.45, 2.75) is 85.3 Å². The zero-order chi connectivity index (χ0) is 26.1. The fourth-order valence-corrected chi connectivity index (χ4v) is 4.27. The number of rotatable bonds is 7. The van der Waals surface area contributed by atoms with Crippen LogP contribution in [0.15, 0.2) is 18.2 Å². The van der Waals surface area contributed by atoms with Crippen molar-refractivity contribution in [1.82, 2.24) is 5.32 Å². The number of phenols is 1. The third-order valence-corrected chi connectivity index (χ3v) is 6.19. The van der Waals surface area contributed by atoms with Crippen molar-refractivity contribution >= 4 is 12.1 Å². The lowest BCUT2D eigenvalue weighted by atomic mass is 9.89. The van der Waals surface area contributed by atoms with E-state index >= 15 is 4.39 Å². The molecule has 0 heterocycles. The quantitative estimate of drug-likeness (QED) is 0.436. The van der Waals surface area contributed by atoms with Crippen LogP contribution in [0.5, 0.6) is 5.75 Å². The lowest BCUT2D eigenvalue weighted by Gasteiger charge is -2.25. The second-order valence-corrected chi connectivity index (χ2v) is 10.3. The number of halogens is 1. The van der Waals surface area contributed by atoms with Gasteiger partial charge in [0.15, 0.2) is 0 Å². The summed E-state index contributed by atoms with van der Waals surface area (Å²) in [4.78, 5) is 25.0. The fourth-order valence-electron chi connectivity index (χ4n) is 4.27. The van der Waals surface area contributed by atoms with Gasteiger partial charge in [-0.3, -0.25) is 4.79 Å². The minimum absolute atomic E-state index is 0.0625. The lowest BCUT2D eigenvalue weighted by molar-refractivity contribution is -0.143. The summed E-state index contributed by atoms with van der Waals surface area (Å²) in [5.41, 5.74) is 3.74. The summed E-state index contributed by atoms with van der Waals surface area (Å²) in [6.45, 7) is 12.7. The molecule has 1 atom stereocenters. The molecule has 0 bridgehead atoms. The van der Waals surface area contributed by atoms with Crippen molar-refractivity contribution in [2.75, 3.05) is 6.61 Å². The first-order valence-electron chi connectivity index (χ1n) is 12.1. The smallest absolute Gasteiger partial charge is 0.408 e. The molecule has 0 unspecified atom stereocenters. The second-order valence-electron chi connectivity index (χ2n) is 10.3. The topological polar surface area (TPSA) is 84.9 Å². The molecule has 2 N–H and O–H groups in total. The summed E-state index contributed by atoms with van der Waals surface area (Å²) in [6, 6.07) is 4.37. The molecule has 35 heavy (non-hydrogen) atoms. The largest absolute Gasteiger partial charge is 0.507 e. The molecule has 0 spiro atoms. The molecular formula is C28H36FNO5. The van der Waals surface area contributed by atoms with Crippen LogP contribution in [0.4, 0.5) is 9.18 Å². The minimum atomic E-state index is -1.00. The SMILES string of the molecule is CCOC(=O)C[C@H](NC(=O)OC(C)(C)C)c1cc(-c2c(C)cc(C)c(C)c2O)cc(C2CC2)c1F. The number of carbonyl (C=O) groups is 2. The van der Waals surface area contributed by atoms with Crippen LogP contribution in [0.2, 0.25) is 0 Å². The van der Waals surface area contributed by atoms with Crippen LogP contribution >= 0.6 is 0 Å². The van der Waals surface area contributed by atoms with Crippen molar-refractivity contribution in [1.29, 1.82) is 0 Å². The molecule has 2 aromatic carbocycles. The summed E-state index contributed by atoms with van der Waals surface area (Å²) >= 11 is 0. The molecule has 0 aromatic heterocycles. The van der Waals surface area contributed by atoms with Gasteiger partial charge in [-0.1, -0.05) is 6.07 Å². The molecule has 1 aliphatic carbocycles. The number of amides is 1. The highest BCUT2D eigenvalue weighted by Crippen LogP contribution is 2.46. The Labute approximate surface area is 206 Å². The summed E-state index contributed by atoms with van der Waals surface area (Å²) in [6.07, 6.45) is 0.712. The Kier molecular flexibility index (Phi) is 7.77.